The van der Waals surface area contributed by atoms with E-state index in [1.807, 2.05) is 0 Å². The topological polar surface area (TPSA) is 186 Å². The Labute approximate surface area is 159 Å². The van der Waals surface area contributed by atoms with Gasteiger partial charge in [-0.05, 0) is 20.8 Å². The lowest BCUT2D eigenvalue weighted by molar-refractivity contribution is -0.102. The van der Waals surface area contributed by atoms with E-state index in [1.54, 1.807) is 0 Å². The molecule has 12 nitrogen and oxygen atoms in total. The van der Waals surface area contributed by atoms with Gasteiger partial charge in [0.05, 0.1) is 11.5 Å². The maximum absolute atomic E-state index is 12.3. The number of fused-ring (bicyclic) bond motifs is 6. The molecule has 0 aromatic carbocycles. The zero-order valence-corrected chi connectivity index (χ0v) is 16.3. The average Bonchev–Trinajstić information content (AvgIpc) is 3.08. The summed E-state index contributed by atoms with van der Waals surface area (Å²) in [4.78, 5) is 22.6. The molecule has 0 saturated carbocycles. The summed E-state index contributed by atoms with van der Waals surface area (Å²) in [6.07, 6.45) is -3.27. The Hall–Kier alpha value is -1.66. The van der Waals surface area contributed by atoms with Crippen molar-refractivity contribution < 1.29 is 34.0 Å². The number of ether oxygens (including phenoxy) is 1. The highest BCUT2D eigenvalue weighted by Crippen LogP contribution is 2.56. The van der Waals surface area contributed by atoms with E-state index < -0.39 is 49.5 Å². The van der Waals surface area contributed by atoms with Crippen molar-refractivity contribution in [3.05, 3.63) is 12.2 Å². The Morgan fingerprint density at radius 2 is 2.04 bits per heavy atom. The molecule has 0 aliphatic carbocycles. The van der Waals surface area contributed by atoms with Crippen molar-refractivity contribution in [2.75, 3.05) is 5.73 Å². The molecule has 0 spiro atoms. The molecule has 2 aliphatic heterocycles. The van der Waals surface area contributed by atoms with Crippen LogP contribution in [-0.2, 0) is 13.8 Å². The molecule has 2 bridgehead atoms. The van der Waals surface area contributed by atoms with Crippen LogP contribution in [0.25, 0.3) is 11.2 Å². The molecule has 0 radical (unpaired) electrons. The van der Waals surface area contributed by atoms with Crippen LogP contribution in [-0.4, -0.2) is 69.5 Å². The summed E-state index contributed by atoms with van der Waals surface area (Å²) >= 11 is 0. The van der Waals surface area contributed by atoms with Gasteiger partial charge in [-0.3, -0.25) is 13.7 Å². The van der Waals surface area contributed by atoms with Crippen LogP contribution in [0.1, 0.15) is 38.7 Å². The lowest BCUT2D eigenvalue weighted by Gasteiger charge is -2.41. The number of aliphatic hydroxyl groups is 3. The number of aliphatic hydroxyl groups excluding tert-OH is 3. The van der Waals surface area contributed by atoms with Crippen molar-refractivity contribution in [2.24, 2.45) is 0 Å². The highest BCUT2D eigenvalue weighted by atomic mass is 31.2. The van der Waals surface area contributed by atoms with E-state index in [1.165, 1.54) is 24.7 Å². The van der Waals surface area contributed by atoms with Crippen molar-refractivity contribution in [2.45, 2.75) is 62.7 Å². The molecule has 154 valence electrons. The third kappa shape index (κ3) is 2.68. The summed E-state index contributed by atoms with van der Waals surface area (Å²) in [7, 11) is -4.40. The van der Waals surface area contributed by atoms with Crippen LogP contribution in [0, 0.1) is 0 Å². The number of anilines is 1. The lowest BCUT2D eigenvalue weighted by atomic mass is 9.83. The second-order valence-electron chi connectivity index (χ2n) is 7.61. The number of hydrogen-bond acceptors (Lipinski definition) is 10. The van der Waals surface area contributed by atoms with Gasteiger partial charge in [0.15, 0.2) is 29.1 Å². The summed E-state index contributed by atoms with van der Waals surface area (Å²) in [6, 6.07) is 0. The Morgan fingerprint density at radius 1 is 1.36 bits per heavy atom. The molecule has 0 amide bonds. The monoisotopic (exact) mass is 415 g/mol. The SMILES string of the molecule is CC(O)P(=O)(O)OC(C)(C)[C@H]1c2nc3c(N)ncnc3n2C2OC1[C@@H](O)[C@H]2O. The van der Waals surface area contributed by atoms with Crippen molar-refractivity contribution in [3.8, 4) is 0 Å². The Morgan fingerprint density at radius 3 is 2.68 bits per heavy atom. The fourth-order valence-corrected chi connectivity index (χ4v) is 4.85. The molecule has 4 unspecified atom stereocenters. The van der Waals surface area contributed by atoms with Crippen molar-refractivity contribution >= 4 is 24.6 Å². The molecule has 28 heavy (non-hydrogen) atoms. The van der Waals surface area contributed by atoms with E-state index in [4.69, 9.17) is 15.0 Å². The number of hydrogen-bond donors (Lipinski definition) is 5. The number of nitrogens with two attached hydrogens (primary N) is 1. The minimum absolute atomic E-state index is 0.118. The molecule has 4 heterocycles. The van der Waals surface area contributed by atoms with Gasteiger partial charge in [-0.1, -0.05) is 0 Å². The minimum atomic E-state index is -4.40. The summed E-state index contributed by atoms with van der Waals surface area (Å²) < 4.78 is 25.1. The van der Waals surface area contributed by atoms with Gasteiger partial charge in [0, 0.05) is 0 Å². The normalized spacial score (nSPS) is 32.9. The van der Waals surface area contributed by atoms with Gasteiger partial charge in [-0.15, -0.1) is 0 Å². The Balaban J connectivity index is 1.90. The summed E-state index contributed by atoms with van der Waals surface area (Å²) in [5, 5.41) is 30.6. The van der Waals surface area contributed by atoms with Crippen LogP contribution in [0.4, 0.5) is 5.82 Å². The zero-order chi connectivity index (χ0) is 20.6. The number of imidazole rings is 1. The van der Waals surface area contributed by atoms with Crippen LogP contribution in [0.3, 0.4) is 0 Å². The molecule has 1 fully saturated rings. The van der Waals surface area contributed by atoms with Gasteiger partial charge in [0.25, 0.3) is 0 Å². The van der Waals surface area contributed by atoms with Gasteiger partial charge in [-0.2, -0.15) is 0 Å². The third-order valence-corrected chi connectivity index (χ3v) is 6.93. The molecule has 2 aromatic rings. The summed E-state index contributed by atoms with van der Waals surface area (Å²) in [6.45, 7) is 4.18. The maximum atomic E-state index is 12.3. The summed E-state index contributed by atoms with van der Waals surface area (Å²) in [5.74, 6) is -2.08. The van der Waals surface area contributed by atoms with Crippen molar-refractivity contribution in [1.29, 1.82) is 0 Å². The second-order valence-corrected chi connectivity index (χ2v) is 9.67. The Kier molecular flexibility index (Phi) is 4.33. The Bertz CT molecular complexity index is 979. The molecule has 2 aromatic heterocycles. The molecular weight excluding hydrogens is 393 g/mol. The number of aromatic nitrogens is 4. The van der Waals surface area contributed by atoms with Gasteiger partial charge in [0.1, 0.15) is 30.5 Å². The van der Waals surface area contributed by atoms with Gasteiger partial charge in [-0.25, -0.2) is 15.0 Å². The largest absolute Gasteiger partial charge is 0.387 e. The second kappa shape index (κ2) is 6.17. The maximum Gasteiger partial charge on any atom is 0.356 e. The van der Waals surface area contributed by atoms with E-state index >= 15 is 0 Å². The van der Waals surface area contributed by atoms with E-state index in [0.29, 0.717) is 11.5 Å². The number of nitrogens with zero attached hydrogens (tertiary/aromatic N) is 4. The fourth-order valence-electron chi connectivity index (χ4n) is 3.91. The molecular formula is C15H22N5O7P. The molecule has 4 rings (SSSR count). The van der Waals surface area contributed by atoms with Crippen LogP contribution in [0.2, 0.25) is 0 Å². The fraction of sp³-hybridized carbons (Fsp3) is 0.667. The zero-order valence-electron chi connectivity index (χ0n) is 15.4. The lowest BCUT2D eigenvalue weighted by Crippen LogP contribution is -2.46. The smallest absolute Gasteiger partial charge is 0.356 e. The van der Waals surface area contributed by atoms with Crippen LogP contribution in [0.5, 0.6) is 0 Å². The first-order chi connectivity index (χ1) is 13.0. The first-order valence-corrected chi connectivity index (χ1v) is 10.3. The first-order valence-electron chi connectivity index (χ1n) is 8.67. The minimum Gasteiger partial charge on any atom is -0.387 e. The highest BCUT2D eigenvalue weighted by molar-refractivity contribution is 7.53. The van der Waals surface area contributed by atoms with Crippen molar-refractivity contribution in [1.82, 2.24) is 19.5 Å². The van der Waals surface area contributed by atoms with E-state index in [2.05, 4.69) is 15.0 Å². The molecule has 7 atom stereocenters. The first kappa shape index (κ1) is 19.6. The predicted molar refractivity (Wildman–Crippen MR) is 95.1 cm³/mol. The highest BCUT2D eigenvalue weighted by Gasteiger charge is 2.59. The van der Waals surface area contributed by atoms with Gasteiger partial charge >= 0.3 is 7.60 Å². The van der Waals surface area contributed by atoms with Crippen LogP contribution < -0.4 is 5.73 Å². The van der Waals surface area contributed by atoms with E-state index in [9.17, 15) is 24.8 Å². The third-order valence-electron chi connectivity index (χ3n) is 5.26. The van der Waals surface area contributed by atoms with Crippen molar-refractivity contribution in [3.63, 3.8) is 0 Å². The van der Waals surface area contributed by atoms with Crippen LogP contribution in [0.15, 0.2) is 6.33 Å². The summed E-state index contributed by atoms with van der Waals surface area (Å²) in [5.41, 5.74) is 5.04. The molecule has 1 saturated heterocycles. The number of nitrogen functional groups attached to an aromatic ring is 1. The molecule has 2 aliphatic rings. The standard InChI is InChI=1S/C15H22N5O7P/c1-5(21)28(24,25)27-15(2,3)6-10-8(22)9(23)14(26-10)20-12(6)19-7-11(16)17-4-18-13(7)20/h4-6,8-10,14,21-23H,1-3H3,(H,24,25)(H2,16,17,18)/t5?,6-,8+,9-,10?,14?/m1/s1. The molecule has 6 N–H and O–H groups in total. The quantitative estimate of drug-likeness (QED) is 0.403. The van der Waals surface area contributed by atoms with Crippen LogP contribution >= 0.6 is 7.60 Å². The number of rotatable bonds is 4. The molecule has 13 heteroatoms. The predicted octanol–water partition coefficient (Wildman–Crippen LogP) is -0.556. The van der Waals surface area contributed by atoms with E-state index in [-0.39, 0.29) is 11.3 Å². The van der Waals surface area contributed by atoms with E-state index in [0.717, 1.165) is 6.92 Å². The average molecular weight is 415 g/mol. The van der Waals surface area contributed by atoms with Gasteiger partial charge < -0.3 is 30.7 Å². The van der Waals surface area contributed by atoms with Gasteiger partial charge in [0.2, 0.25) is 0 Å².